The van der Waals surface area contributed by atoms with E-state index < -0.39 is 27.2 Å². The maximum atomic E-state index is 12.9. The maximum absolute atomic E-state index is 12.9. The Balaban J connectivity index is 1.55. The van der Waals surface area contributed by atoms with E-state index in [1.165, 1.54) is 18.9 Å². The van der Waals surface area contributed by atoms with Crippen LogP contribution >= 0.6 is 0 Å². The Morgan fingerprint density at radius 1 is 1.21 bits per heavy atom. The summed E-state index contributed by atoms with van der Waals surface area (Å²) in [5, 5.41) is 3.73. The molecule has 150 valence electrons. The summed E-state index contributed by atoms with van der Waals surface area (Å²) >= 11 is 0. The third kappa shape index (κ3) is 4.38. The lowest BCUT2D eigenvalue weighted by molar-refractivity contribution is -0.118. The molecule has 0 bridgehead atoms. The van der Waals surface area contributed by atoms with Crippen LogP contribution in [0.2, 0.25) is 0 Å². The number of carbonyl (C=O) groups excluding carboxylic acids is 2. The predicted molar refractivity (Wildman–Crippen MR) is 104 cm³/mol. The molecule has 2 fully saturated rings. The standard InChI is InChI=1S/C20H24N2O5S/c21-18(23)10-20(7-8-28(25,26)12-20)22-19(24)15-5-6-16(14-3-4-14)17(9-15)27-11-13-1-2-13/h5-9,13-14H,1-4,10-12H2,(H2,21,23)(H,22,24). The first-order valence-electron chi connectivity index (χ1n) is 9.55. The van der Waals surface area contributed by atoms with Crippen molar-refractivity contribution in [3.05, 3.63) is 40.8 Å². The van der Waals surface area contributed by atoms with Crippen molar-refractivity contribution in [3.63, 3.8) is 0 Å². The lowest BCUT2D eigenvalue weighted by Crippen LogP contribution is -2.51. The second-order valence-corrected chi connectivity index (χ2v) is 10.0. The van der Waals surface area contributed by atoms with Gasteiger partial charge in [0.1, 0.15) is 5.75 Å². The minimum absolute atomic E-state index is 0.278. The van der Waals surface area contributed by atoms with E-state index in [4.69, 9.17) is 10.5 Å². The molecule has 28 heavy (non-hydrogen) atoms. The van der Waals surface area contributed by atoms with Gasteiger partial charge in [-0.25, -0.2) is 8.42 Å². The van der Waals surface area contributed by atoms with E-state index in [1.54, 1.807) is 12.1 Å². The number of nitrogens with one attached hydrogen (secondary N) is 1. The van der Waals surface area contributed by atoms with Crippen molar-refractivity contribution in [2.75, 3.05) is 12.4 Å². The molecule has 1 unspecified atom stereocenters. The molecule has 1 aromatic rings. The van der Waals surface area contributed by atoms with Crippen LogP contribution in [0.15, 0.2) is 29.7 Å². The van der Waals surface area contributed by atoms with E-state index in [0.717, 1.165) is 29.6 Å². The summed E-state index contributed by atoms with van der Waals surface area (Å²) in [6.07, 6.45) is 5.66. The van der Waals surface area contributed by atoms with Crippen LogP contribution in [0.25, 0.3) is 0 Å². The number of sulfone groups is 1. The molecule has 1 aromatic carbocycles. The second kappa shape index (κ2) is 6.92. The monoisotopic (exact) mass is 404 g/mol. The van der Waals surface area contributed by atoms with Gasteiger partial charge in [0, 0.05) is 11.0 Å². The average molecular weight is 404 g/mol. The van der Waals surface area contributed by atoms with Gasteiger partial charge < -0.3 is 15.8 Å². The molecule has 4 rings (SSSR count). The van der Waals surface area contributed by atoms with E-state index in [0.29, 0.717) is 24.0 Å². The molecule has 2 saturated carbocycles. The molecule has 1 heterocycles. The van der Waals surface area contributed by atoms with Crippen molar-refractivity contribution in [3.8, 4) is 5.75 Å². The molecule has 1 atom stereocenters. The van der Waals surface area contributed by atoms with Crippen molar-refractivity contribution < 1.29 is 22.7 Å². The van der Waals surface area contributed by atoms with Gasteiger partial charge in [0.05, 0.1) is 24.3 Å². The van der Waals surface area contributed by atoms with Gasteiger partial charge in [-0.3, -0.25) is 9.59 Å². The molecule has 0 aromatic heterocycles. The quantitative estimate of drug-likeness (QED) is 0.683. The Labute approximate surface area is 164 Å². The summed E-state index contributed by atoms with van der Waals surface area (Å²) in [4.78, 5) is 24.3. The van der Waals surface area contributed by atoms with E-state index in [9.17, 15) is 18.0 Å². The van der Waals surface area contributed by atoms with Crippen LogP contribution in [0.1, 0.15) is 53.9 Å². The number of nitrogens with two attached hydrogens (primary N) is 1. The summed E-state index contributed by atoms with van der Waals surface area (Å²) in [6.45, 7) is 0.650. The third-order valence-corrected chi connectivity index (χ3v) is 6.84. The highest BCUT2D eigenvalue weighted by Gasteiger charge is 2.40. The number of benzene rings is 1. The Morgan fingerprint density at radius 3 is 2.54 bits per heavy atom. The van der Waals surface area contributed by atoms with Crippen molar-refractivity contribution in [1.82, 2.24) is 5.32 Å². The average Bonchev–Trinajstić information content (AvgIpc) is 3.51. The van der Waals surface area contributed by atoms with E-state index in [2.05, 4.69) is 5.32 Å². The van der Waals surface area contributed by atoms with Crippen LogP contribution in [-0.2, 0) is 14.6 Å². The number of hydrogen-bond donors (Lipinski definition) is 2. The van der Waals surface area contributed by atoms with Crippen LogP contribution in [0.5, 0.6) is 5.75 Å². The van der Waals surface area contributed by atoms with Crippen molar-refractivity contribution in [2.24, 2.45) is 11.7 Å². The van der Waals surface area contributed by atoms with Gasteiger partial charge in [-0.1, -0.05) is 6.07 Å². The molecule has 8 heteroatoms. The molecule has 7 nitrogen and oxygen atoms in total. The van der Waals surface area contributed by atoms with E-state index >= 15 is 0 Å². The lowest BCUT2D eigenvalue weighted by atomic mass is 9.96. The maximum Gasteiger partial charge on any atom is 0.252 e. The van der Waals surface area contributed by atoms with E-state index in [-0.39, 0.29) is 12.2 Å². The highest BCUT2D eigenvalue weighted by Crippen LogP contribution is 2.45. The predicted octanol–water partition coefficient (Wildman–Crippen LogP) is 1.64. The zero-order valence-electron chi connectivity index (χ0n) is 15.5. The lowest BCUT2D eigenvalue weighted by Gasteiger charge is -2.26. The van der Waals surface area contributed by atoms with Crippen LogP contribution in [0.3, 0.4) is 0 Å². The van der Waals surface area contributed by atoms with Gasteiger partial charge in [-0.15, -0.1) is 0 Å². The molecular formula is C20H24N2O5S. The largest absolute Gasteiger partial charge is 0.493 e. The fraction of sp³-hybridized carbons (Fsp3) is 0.500. The highest BCUT2D eigenvalue weighted by molar-refractivity contribution is 7.94. The molecule has 0 spiro atoms. The van der Waals surface area contributed by atoms with Gasteiger partial charge in [0.2, 0.25) is 5.91 Å². The fourth-order valence-corrected chi connectivity index (χ4v) is 5.11. The normalized spacial score (nSPS) is 25.4. The fourth-order valence-electron chi connectivity index (χ4n) is 3.55. The Kier molecular flexibility index (Phi) is 4.69. The second-order valence-electron chi connectivity index (χ2n) is 8.14. The summed E-state index contributed by atoms with van der Waals surface area (Å²) in [7, 11) is -3.48. The number of primary amides is 1. The summed E-state index contributed by atoms with van der Waals surface area (Å²) in [5.41, 5.74) is 5.46. The molecule has 3 aliphatic rings. The number of amides is 2. The van der Waals surface area contributed by atoms with Crippen LogP contribution in [-0.4, -0.2) is 38.1 Å². The molecular weight excluding hydrogens is 380 g/mol. The van der Waals surface area contributed by atoms with Crippen LogP contribution < -0.4 is 15.8 Å². The third-order valence-electron chi connectivity index (χ3n) is 5.37. The van der Waals surface area contributed by atoms with Gasteiger partial charge >= 0.3 is 0 Å². The topological polar surface area (TPSA) is 116 Å². The van der Waals surface area contributed by atoms with Crippen LogP contribution in [0, 0.1) is 5.92 Å². The van der Waals surface area contributed by atoms with Crippen molar-refractivity contribution in [2.45, 2.75) is 43.6 Å². The smallest absolute Gasteiger partial charge is 0.252 e. The number of ether oxygens (including phenoxy) is 1. The zero-order valence-corrected chi connectivity index (χ0v) is 16.3. The summed E-state index contributed by atoms with van der Waals surface area (Å²) in [5.74, 6) is 0.286. The van der Waals surface area contributed by atoms with Gasteiger partial charge in [-0.2, -0.15) is 0 Å². The highest BCUT2D eigenvalue weighted by atomic mass is 32.2. The zero-order chi connectivity index (χ0) is 19.9. The minimum atomic E-state index is -3.48. The van der Waals surface area contributed by atoms with E-state index in [1.807, 2.05) is 6.07 Å². The molecule has 1 aliphatic heterocycles. The van der Waals surface area contributed by atoms with Gasteiger partial charge in [0.15, 0.2) is 9.84 Å². The first-order valence-corrected chi connectivity index (χ1v) is 11.3. The first kappa shape index (κ1) is 19.0. The Morgan fingerprint density at radius 2 is 1.96 bits per heavy atom. The Bertz CT molecular complexity index is 947. The first-order chi connectivity index (χ1) is 13.3. The van der Waals surface area contributed by atoms with Gasteiger partial charge in [-0.05, 0) is 61.3 Å². The number of hydrogen-bond acceptors (Lipinski definition) is 5. The minimum Gasteiger partial charge on any atom is -0.493 e. The summed E-state index contributed by atoms with van der Waals surface area (Å²) in [6, 6.07) is 5.35. The van der Waals surface area contributed by atoms with Crippen LogP contribution in [0.4, 0.5) is 0 Å². The summed E-state index contributed by atoms with van der Waals surface area (Å²) < 4.78 is 29.7. The van der Waals surface area contributed by atoms with Gasteiger partial charge in [0.25, 0.3) is 5.91 Å². The Hall–Kier alpha value is -2.35. The molecule has 2 aliphatic carbocycles. The number of carbonyl (C=O) groups is 2. The molecule has 0 saturated heterocycles. The molecule has 2 amide bonds. The van der Waals surface area contributed by atoms with Crippen molar-refractivity contribution >= 4 is 21.7 Å². The molecule has 3 N–H and O–H groups in total. The SMILES string of the molecule is NC(=O)CC1(NC(=O)c2ccc(C3CC3)c(OCC3CC3)c2)C=CS(=O)(=O)C1. The van der Waals surface area contributed by atoms with Crippen molar-refractivity contribution in [1.29, 1.82) is 0 Å². The molecule has 0 radical (unpaired) electrons. The number of rotatable bonds is 8.